The molecule has 0 N–H and O–H groups in total. The Morgan fingerprint density at radius 2 is 2.05 bits per heavy atom. The largest absolute Gasteiger partial charge is 0.373 e. The van der Waals surface area contributed by atoms with E-state index in [2.05, 4.69) is 0 Å². The average Bonchev–Trinajstić information content (AvgIpc) is 2.39. The van der Waals surface area contributed by atoms with Gasteiger partial charge in [0.1, 0.15) is 5.60 Å². The molecule has 0 radical (unpaired) electrons. The highest BCUT2D eigenvalue weighted by atomic mass is 35.5. The van der Waals surface area contributed by atoms with Gasteiger partial charge in [-0.1, -0.05) is 48.0 Å². The highest BCUT2D eigenvalue weighted by Crippen LogP contribution is 2.29. The number of ether oxygens (including phenoxy) is 1. The van der Waals surface area contributed by atoms with Gasteiger partial charge < -0.3 is 4.74 Å². The van der Waals surface area contributed by atoms with Crippen molar-refractivity contribution < 1.29 is 13.2 Å². The second kappa shape index (κ2) is 5.49. The number of allylic oxidation sites excluding steroid dienone is 2. The Hall–Kier alpha value is -1.10. The predicted octanol–water partition coefficient (Wildman–Crippen LogP) is 3.02. The summed E-state index contributed by atoms with van der Waals surface area (Å²) in [6.45, 7) is 0. The van der Waals surface area contributed by atoms with Crippen LogP contribution in [0.4, 0.5) is 0 Å². The van der Waals surface area contributed by atoms with Crippen LogP contribution in [0.15, 0.2) is 53.5 Å². The molecule has 1 aliphatic rings. The molecule has 2 rings (SSSR count). The van der Waals surface area contributed by atoms with Crippen molar-refractivity contribution >= 4 is 21.4 Å². The SMILES string of the molecule is COC1(CS(=O)(=O)c2ccccc2Cl)C=CC=CC1. The van der Waals surface area contributed by atoms with E-state index in [-0.39, 0.29) is 15.7 Å². The lowest BCUT2D eigenvalue weighted by atomic mass is 9.97. The second-order valence-corrected chi connectivity index (χ2v) is 6.81. The molecule has 0 amide bonds. The molecule has 0 heterocycles. The summed E-state index contributed by atoms with van der Waals surface area (Å²) in [5.74, 6) is -0.124. The van der Waals surface area contributed by atoms with E-state index in [0.29, 0.717) is 6.42 Å². The molecule has 0 saturated heterocycles. The molecule has 0 bridgehead atoms. The molecule has 0 aromatic heterocycles. The number of hydrogen-bond acceptors (Lipinski definition) is 3. The van der Waals surface area contributed by atoms with Crippen molar-refractivity contribution in [3.8, 4) is 0 Å². The second-order valence-electron chi connectivity index (χ2n) is 4.45. The molecule has 5 heteroatoms. The first-order chi connectivity index (χ1) is 8.99. The molecular formula is C14H15ClO3S. The van der Waals surface area contributed by atoms with Gasteiger partial charge in [-0.3, -0.25) is 0 Å². The quantitative estimate of drug-likeness (QED) is 0.858. The third-order valence-corrected chi connectivity index (χ3v) is 5.46. The number of methoxy groups -OCH3 is 1. The summed E-state index contributed by atoms with van der Waals surface area (Å²) in [5.41, 5.74) is -0.813. The molecule has 0 fully saturated rings. The van der Waals surface area contributed by atoms with Crippen molar-refractivity contribution in [2.45, 2.75) is 16.9 Å². The summed E-state index contributed by atoms with van der Waals surface area (Å²) < 4.78 is 30.3. The van der Waals surface area contributed by atoms with Crippen molar-refractivity contribution in [2.75, 3.05) is 12.9 Å². The van der Waals surface area contributed by atoms with Crippen molar-refractivity contribution in [3.05, 3.63) is 53.6 Å². The highest BCUT2D eigenvalue weighted by molar-refractivity contribution is 7.91. The van der Waals surface area contributed by atoms with E-state index in [1.54, 1.807) is 30.4 Å². The smallest absolute Gasteiger partial charge is 0.183 e. The van der Waals surface area contributed by atoms with Crippen LogP contribution in [0.2, 0.25) is 5.02 Å². The average molecular weight is 299 g/mol. The first kappa shape index (κ1) is 14.3. The molecule has 0 saturated carbocycles. The number of rotatable bonds is 4. The van der Waals surface area contributed by atoms with E-state index in [9.17, 15) is 8.42 Å². The highest BCUT2D eigenvalue weighted by Gasteiger charge is 2.34. The standard InChI is InChI=1S/C14H15ClO3S/c1-18-14(9-5-2-6-10-14)11-19(16,17)13-8-4-3-7-12(13)15/h2-9H,10-11H2,1H3. The summed E-state index contributed by atoms with van der Waals surface area (Å²) in [6.07, 6.45) is 7.88. The van der Waals surface area contributed by atoms with Crippen molar-refractivity contribution in [2.24, 2.45) is 0 Å². The van der Waals surface area contributed by atoms with E-state index in [0.717, 1.165) is 0 Å². The van der Waals surface area contributed by atoms with Crippen molar-refractivity contribution in [1.29, 1.82) is 0 Å². The minimum Gasteiger partial charge on any atom is -0.373 e. The molecule has 1 atom stereocenters. The summed E-state index contributed by atoms with van der Waals surface area (Å²) >= 11 is 5.96. The Morgan fingerprint density at radius 1 is 1.32 bits per heavy atom. The number of benzene rings is 1. The van der Waals surface area contributed by atoms with Crippen molar-refractivity contribution in [1.82, 2.24) is 0 Å². The van der Waals surface area contributed by atoms with Gasteiger partial charge in [-0.25, -0.2) is 8.42 Å². The minimum atomic E-state index is -3.50. The van der Waals surface area contributed by atoms with E-state index in [4.69, 9.17) is 16.3 Å². The first-order valence-electron chi connectivity index (χ1n) is 5.86. The Kier molecular flexibility index (Phi) is 4.13. The molecule has 19 heavy (non-hydrogen) atoms. The van der Waals surface area contributed by atoms with Gasteiger partial charge >= 0.3 is 0 Å². The zero-order chi connectivity index (χ0) is 13.9. The fourth-order valence-electron chi connectivity index (χ4n) is 2.06. The first-order valence-corrected chi connectivity index (χ1v) is 7.89. The van der Waals surface area contributed by atoms with E-state index in [1.165, 1.54) is 13.2 Å². The summed E-state index contributed by atoms with van der Waals surface area (Å²) in [6, 6.07) is 6.46. The van der Waals surface area contributed by atoms with Crippen LogP contribution >= 0.6 is 11.6 Å². The molecule has 1 unspecified atom stereocenters. The van der Waals surface area contributed by atoms with Gasteiger partial charge in [-0.2, -0.15) is 0 Å². The van der Waals surface area contributed by atoms with Crippen LogP contribution in [-0.2, 0) is 14.6 Å². The van der Waals surface area contributed by atoms with Crippen molar-refractivity contribution in [3.63, 3.8) is 0 Å². The Balaban J connectivity index is 2.34. The van der Waals surface area contributed by atoms with Crippen LogP contribution in [0.5, 0.6) is 0 Å². The lowest BCUT2D eigenvalue weighted by Gasteiger charge is -2.29. The fourth-order valence-corrected chi connectivity index (χ4v) is 4.33. The Morgan fingerprint density at radius 3 is 2.63 bits per heavy atom. The van der Waals surface area contributed by atoms with Crippen LogP contribution in [0.25, 0.3) is 0 Å². The normalized spacial score (nSPS) is 22.6. The lowest BCUT2D eigenvalue weighted by molar-refractivity contribution is 0.0533. The molecule has 1 aromatic rings. The van der Waals surface area contributed by atoms with Gasteiger partial charge in [-0.15, -0.1) is 0 Å². The maximum absolute atomic E-state index is 12.5. The fraction of sp³-hybridized carbons (Fsp3) is 0.286. The summed E-state index contributed by atoms with van der Waals surface area (Å²) in [7, 11) is -1.98. The van der Waals surface area contributed by atoms with Gasteiger partial charge in [-0.05, 0) is 18.6 Å². The Bertz CT molecular complexity index is 619. The van der Waals surface area contributed by atoms with Gasteiger partial charge in [0.15, 0.2) is 9.84 Å². The van der Waals surface area contributed by atoms with Gasteiger partial charge in [0, 0.05) is 7.11 Å². The van der Waals surface area contributed by atoms with Crippen LogP contribution < -0.4 is 0 Å². The molecule has 102 valence electrons. The molecule has 0 spiro atoms. The van der Waals surface area contributed by atoms with Crippen LogP contribution in [-0.4, -0.2) is 26.9 Å². The van der Waals surface area contributed by atoms with Gasteiger partial charge in [0.2, 0.25) is 0 Å². The maximum atomic E-state index is 12.5. The molecule has 1 aromatic carbocycles. The molecular weight excluding hydrogens is 284 g/mol. The minimum absolute atomic E-state index is 0.124. The van der Waals surface area contributed by atoms with E-state index >= 15 is 0 Å². The number of sulfone groups is 1. The maximum Gasteiger partial charge on any atom is 0.183 e. The van der Waals surface area contributed by atoms with E-state index < -0.39 is 15.4 Å². The molecule has 0 aliphatic heterocycles. The third-order valence-electron chi connectivity index (χ3n) is 3.12. The molecule has 3 nitrogen and oxygen atoms in total. The molecule has 1 aliphatic carbocycles. The van der Waals surface area contributed by atoms with Crippen LogP contribution in [0.1, 0.15) is 6.42 Å². The topological polar surface area (TPSA) is 43.4 Å². The summed E-state index contributed by atoms with van der Waals surface area (Å²) in [5, 5.41) is 0.240. The lowest BCUT2D eigenvalue weighted by Crippen LogP contribution is -2.37. The monoisotopic (exact) mass is 298 g/mol. The van der Waals surface area contributed by atoms with E-state index in [1.807, 2.05) is 12.2 Å². The van der Waals surface area contributed by atoms with Gasteiger partial charge in [0.05, 0.1) is 15.7 Å². The third kappa shape index (κ3) is 3.08. The summed E-state index contributed by atoms with van der Waals surface area (Å²) in [4.78, 5) is 0.149. The number of halogens is 1. The van der Waals surface area contributed by atoms with Crippen LogP contribution in [0, 0.1) is 0 Å². The van der Waals surface area contributed by atoms with Gasteiger partial charge in [0.25, 0.3) is 0 Å². The Labute approximate surface area is 118 Å². The zero-order valence-electron chi connectivity index (χ0n) is 10.5. The number of hydrogen-bond donors (Lipinski definition) is 0. The predicted molar refractivity (Wildman–Crippen MR) is 76.1 cm³/mol. The van der Waals surface area contributed by atoms with Crippen LogP contribution in [0.3, 0.4) is 0 Å². The zero-order valence-corrected chi connectivity index (χ0v) is 12.1.